The molecule has 1 aromatic carbocycles. The average Bonchev–Trinajstić information content (AvgIpc) is 2.56. The summed E-state index contributed by atoms with van der Waals surface area (Å²) in [4.78, 5) is 21.9. The third-order valence-electron chi connectivity index (χ3n) is 3.12. The summed E-state index contributed by atoms with van der Waals surface area (Å²) in [6, 6.07) is 2.89. The van der Waals surface area contributed by atoms with Gasteiger partial charge >= 0.3 is 27.6 Å². The zero-order valence-corrected chi connectivity index (χ0v) is 14.5. The van der Waals surface area contributed by atoms with E-state index in [-0.39, 0.29) is 5.75 Å². The Labute approximate surface area is 154 Å². The summed E-state index contributed by atoms with van der Waals surface area (Å²) in [6.07, 6.45) is -1.54. The Balaban J connectivity index is 2.59. The van der Waals surface area contributed by atoms with Crippen LogP contribution >= 0.6 is 0 Å². The number of ether oxygens (including phenoxy) is 1. The number of alkyl halides is 5. The van der Waals surface area contributed by atoms with Gasteiger partial charge in [0.25, 0.3) is 5.92 Å². The third-order valence-corrected chi connectivity index (χ3v) is 4.11. The van der Waals surface area contributed by atoms with Gasteiger partial charge in [0.1, 0.15) is 12.4 Å². The van der Waals surface area contributed by atoms with Crippen molar-refractivity contribution in [1.29, 1.82) is 0 Å². The van der Waals surface area contributed by atoms with Crippen LogP contribution in [0.25, 0.3) is 0 Å². The quantitative estimate of drug-likeness (QED) is 0.248. The minimum absolute atomic E-state index is 0.137. The summed E-state index contributed by atoms with van der Waals surface area (Å²) in [7, 11) is -6.14. The molecular formula is C14H13F5O8S. The summed E-state index contributed by atoms with van der Waals surface area (Å²) in [5, 5.41) is 17.8. The Morgan fingerprint density at radius 1 is 1.00 bits per heavy atom. The molecule has 1 rings (SSSR count). The zero-order valence-electron chi connectivity index (χ0n) is 13.7. The average molecular weight is 436 g/mol. The summed E-state index contributed by atoms with van der Waals surface area (Å²) < 4.78 is 92.3. The van der Waals surface area contributed by atoms with Crippen LogP contribution < -0.4 is 4.74 Å². The third kappa shape index (κ3) is 6.60. The predicted molar refractivity (Wildman–Crippen MR) is 81.0 cm³/mol. The van der Waals surface area contributed by atoms with Gasteiger partial charge in [-0.05, 0) is 24.6 Å². The van der Waals surface area contributed by atoms with Crippen LogP contribution in [0.5, 0.6) is 5.75 Å². The van der Waals surface area contributed by atoms with Crippen LogP contribution in [0, 0.1) is 0 Å². The molecule has 0 aliphatic heterocycles. The van der Waals surface area contributed by atoms with Crippen LogP contribution in [0.2, 0.25) is 0 Å². The summed E-state index contributed by atoms with van der Waals surface area (Å²) >= 11 is 0. The SMILES string of the molecule is O=C(O)c1ccc(OCCCC(F)(F)COS(=O)(=O)C(F)(F)F)cc1C(=O)O. The van der Waals surface area contributed by atoms with Crippen molar-refractivity contribution in [3.05, 3.63) is 29.3 Å². The van der Waals surface area contributed by atoms with E-state index in [1.54, 1.807) is 0 Å². The number of aromatic carboxylic acids is 2. The fourth-order valence-electron chi connectivity index (χ4n) is 1.80. The van der Waals surface area contributed by atoms with Crippen molar-refractivity contribution in [2.45, 2.75) is 24.3 Å². The van der Waals surface area contributed by atoms with Gasteiger partial charge in [-0.3, -0.25) is 4.18 Å². The van der Waals surface area contributed by atoms with E-state index in [1.807, 2.05) is 0 Å². The Morgan fingerprint density at radius 3 is 2.07 bits per heavy atom. The number of halogens is 5. The monoisotopic (exact) mass is 436 g/mol. The van der Waals surface area contributed by atoms with E-state index in [0.29, 0.717) is 0 Å². The zero-order chi connectivity index (χ0) is 21.8. The van der Waals surface area contributed by atoms with E-state index >= 15 is 0 Å². The van der Waals surface area contributed by atoms with Gasteiger partial charge in [0, 0.05) is 6.42 Å². The van der Waals surface area contributed by atoms with Crippen molar-refractivity contribution >= 4 is 22.1 Å². The lowest BCUT2D eigenvalue weighted by Crippen LogP contribution is -2.32. The molecule has 0 unspecified atom stereocenters. The minimum Gasteiger partial charge on any atom is -0.494 e. The van der Waals surface area contributed by atoms with Crippen molar-refractivity contribution in [3.8, 4) is 5.75 Å². The Bertz CT molecular complexity index is 835. The molecule has 0 aliphatic rings. The smallest absolute Gasteiger partial charge is 0.494 e. The molecular weight excluding hydrogens is 423 g/mol. The van der Waals surface area contributed by atoms with Gasteiger partial charge < -0.3 is 14.9 Å². The molecule has 0 aliphatic carbocycles. The first-order chi connectivity index (χ1) is 12.7. The largest absolute Gasteiger partial charge is 0.523 e. The van der Waals surface area contributed by atoms with Crippen molar-refractivity contribution in [1.82, 2.24) is 0 Å². The number of rotatable bonds is 10. The Morgan fingerprint density at radius 2 is 1.57 bits per heavy atom. The molecule has 1 aromatic rings. The molecule has 158 valence electrons. The van der Waals surface area contributed by atoms with Crippen molar-refractivity contribution < 1.29 is 59.1 Å². The number of hydrogen-bond acceptors (Lipinski definition) is 6. The van der Waals surface area contributed by atoms with Crippen molar-refractivity contribution in [2.24, 2.45) is 0 Å². The number of benzene rings is 1. The summed E-state index contributed by atoms with van der Waals surface area (Å²) in [5.41, 5.74) is -6.94. The Hall–Kier alpha value is -2.48. The highest BCUT2D eigenvalue weighted by molar-refractivity contribution is 7.87. The second-order valence-corrected chi connectivity index (χ2v) is 6.89. The van der Waals surface area contributed by atoms with Crippen molar-refractivity contribution in [3.63, 3.8) is 0 Å². The normalized spacial score (nSPS) is 12.6. The molecule has 0 heterocycles. The van der Waals surface area contributed by atoms with Gasteiger partial charge in [0.15, 0.2) is 0 Å². The second kappa shape index (κ2) is 8.68. The molecule has 0 amide bonds. The molecule has 14 heteroatoms. The van der Waals surface area contributed by atoms with Crippen LogP contribution in [0.15, 0.2) is 18.2 Å². The number of carboxylic acid groups (broad SMARTS) is 2. The number of hydrogen-bond donors (Lipinski definition) is 2. The lowest BCUT2D eigenvalue weighted by molar-refractivity contribution is -0.0757. The maximum atomic E-state index is 13.4. The second-order valence-electron chi connectivity index (χ2n) is 5.29. The summed E-state index contributed by atoms with van der Waals surface area (Å²) in [5.74, 6) is -7.10. The first kappa shape index (κ1) is 23.6. The molecule has 0 spiro atoms. The van der Waals surface area contributed by atoms with Gasteiger partial charge in [-0.1, -0.05) is 0 Å². The van der Waals surface area contributed by atoms with Crippen LogP contribution in [-0.2, 0) is 14.3 Å². The number of carbonyl (C=O) groups is 2. The van der Waals surface area contributed by atoms with Gasteiger partial charge in [0.2, 0.25) is 0 Å². The van der Waals surface area contributed by atoms with Crippen LogP contribution in [0.1, 0.15) is 33.6 Å². The molecule has 0 radical (unpaired) electrons. The van der Waals surface area contributed by atoms with E-state index in [4.69, 9.17) is 14.9 Å². The fraction of sp³-hybridized carbons (Fsp3) is 0.429. The van der Waals surface area contributed by atoms with E-state index in [0.717, 1.165) is 18.2 Å². The van der Waals surface area contributed by atoms with E-state index in [2.05, 4.69) is 4.18 Å². The highest BCUT2D eigenvalue weighted by Gasteiger charge is 2.48. The fourth-order valence-corrected chi connectivity index (χ4v) is 2.26. The lowest BCUT2D eigenvalue weighted by Gasteiger charge is -2.17. The minimum atomic E-state index is -6.14. The predicted octanol–water partition coefficient (Wildman–Crippen LogP) is 2.74. The molecule has 0 fully saturated rings. The highest BCUT2D eigenvalue weighted by Crippen LogP contribution is 2.28. The first-order valence-corrected chi connectivity index (χ1v) is 8.64. The Kier molecular flexibility index (Phi) is 7.31. The molecule has 0 aromatic heterocycles. The summed E-state index contributed by atoms with van der Waals surface area (Å²) in [6.45, 7) is -2.45. The van der Waals surface area contributed by atoms with Crippen LogP contribution in [-0.4, -0.2) is 55.2 Å². The van der Waals surface area contributed by atoms with Crippen molar-refractivity contribution in [2.75, 3.05) is 13.2 Å². The molecule has 28 heavy (non-hydrogen) atoms. The topological polar surface area (TPSA) is 127 Å². The van der Waals surface area contributed by atoms with Gasteiger partial charge in [0.05, 0.1) is 17.7 Å². The van der Waals surface area contributed by atoms with Crippen LogP contribution in [0.3, 0.4) is 0 Å². The van der Waals surface area contributed by atoms with E-state index in [9.17, 15) is 40.0 Å². The molecule has 2 N–H and O–H groups in total. The molecule has 0 saturated carbocycles. The highest BCUT2D eigenvalue weighted by atomic mass is 32.2. The number of carboxylic acids is 2. The van der Waals surface area contributed by atoms with Gasteiger partial charge in [-0.2, -0.15) is 21.6 Å². The molecule has 8 nitrogen and oxygen atoms in total. The first-order valence-electron chi connectivity index (χ1n) is 7.23. The van der Waals surface area contributed by atoms with Crippen LogP contribution in [0.4, 0.5) is 22.0 Å². The molecule has 0 bridgehead atoms. The maximum Gasteiger partial charge on any atom is 0.523 e. The van der Waals surface area contributed by atoms with E-state index < -0.39 is 70.7 Å². The standard InChI is InChI=1S/C14H13F5O8S/c15-13(16,7-27-28(24,25)14(17,18)19)4-1-5-26-8-2-3-9(11(20)21)10(6-8)12(22)23/h2-3,6H,1,4-5,7H2,(H,20,21)(H,22,23). The van der Waals surface area contributed by atoms with E-state index in [1.165, 1.54) is 0 Å². The molecule has 0 saturated heterocycles. The maximum absolute atomic E-state index is 13.4. The van der Waals surface area contributed by atoms with Gasteiger partial charge in [-0.25, -0.2) is 18.4 Å². The van der Waals surface area contributed by atoms with Gasteiger partial charge in [-0.15, -0.1) is 0 Å². The molecule has 0 atom stereocenters. The lowest BCUT2D eigenvalue weighted by atomic mass is 10.1.